The fraction of sp³-hybridized carbons (Fsp3) is 0.375. The number of aromatic nitrogens is 2. The number of hydrogen-bond donors (Lipinski definition) is 2. The quantitative estimate of drug-likeness (QED) is 0.558. The largest absolute Gasteiger partial charge is 0.373 e. The van der Waals surface area contributed by atoms with Crippen molar-refractivity contribution in [3.63, 3.8) is 0 Å². The minimum absolute atomic E-state index is 0.237. The van der Waals surface area contributed by atoms with E-state index in [1.54, 1.807) is 7.05 Å². The summed E-state index contributed by atoms with van der Waals surface area (Å²) in [5.41, 5.74) is 5.97. The van der Waals surface area contributed by atoms with E-state index >= 15 is 0 Å². The fourth-order valence-corrected chi connectivity index (χ4v) is 1.68. The monoisotopic (exact) mass is 212 g/mol. The number of rotatable bonds is 4. The van der Waals surface area contributed by atoms with Gasteiger partial charge in [-0.3, -0.25) is 4.79 Å². The number of amides is 1. The zero-order valence-electron chi connectivity index (χ0n) is 8.07. The first kappa shape index (κ1) is 10.8. The Morgan fingerprint density at radius 2 is 2.36 bits per heavy atom. The molecule has 0 saturated heterocycles. The van der Waals surface area contributed by atoms with E-state index < -0.39 is 0 Å². The molecule has 76 valence electrons. The molecule has 0 radical (unpaired) electrons. The lowest BCUT2D eigenvalue weighted by atomic mass is 10.3. The van der Waals surface area contributed by atoms with Crippen LogP contribution in [0.2, 0.25) is 0 Å². The molecule has 0 aliphatic carbocycles. The van der Waals surface area contributed by atoms with E-state index in [1.165, 1.54) is 18.1 Å². The van der Waals surface area contributed by atoms with Crippen LogP contribution in [-0.2, 0) is 4.79 Å². The first-order valence-corrected chi connectivity index (χ1v) is 5.04. The van der Waals surface area contributed by atoms with Crippen LogP contribution < -0.4 is 11.1 Å². The van der Waals surface area contributed by atoms with Crippen LogP contribution in [0.5, 0.6) is 0 Å². The highest BCUT2D eigenvalue weighted by atomic mass is 32.2. The second kappa shape index (κ2) is 4.80. The van der Waals surface area contributed by atoms with E-state index in [0.29, 0.717) is 0 Å². The van der Waals surface area contributed by atoms with E-state index in [2.05, 4.69) is 15.3 Å². The molecular weight excluding hydrogens is 200 g/mol. The third kappa shape index (κ3) is 2.59. The Labute approximate surface area is 86.5 Å². The third-order valence-electron chi connectivity index (χ3n) is 1.63. The van der Waals surface area contributed by atoms with Crippen LogP contribution >= 0.6 is 11.8 Å². The van der Waals surface area contributed by atoms with Crippen molar-refractivity contribution in [2.45, 2.75) is 11.9 Å². The maximum Gasteiger partial charge on any atom is 0.227 e. The molecule has 1 heterocycles. The van der Waals surface area contributed by atoms with Crippen molar-refractivity contribution >= 4 is 23.5 Å². The summed E-state index contributed by atoms with van der Waals surface area (Å²) in [4.78, 5) is 18.7. The molecule has 0 fully saturated rings. The zero-order valence-corrected chi connectivity index (χ0v) is 8.89. The summed E-state index contributed by atoms with van der Waals surface area (Å²) in [7, 11) is 1.79. The van der Waals surface area contributed by atoms with Gasteiger partial charge in [-0.15, -0.1) is 0 Å². The Morgan fingerprint density at radius 1 is 1.64 bits per heavy atom. The van der Waals surface area contributed by atoms with Gasteiger partial charge in [-0.05, 0) is 6.92 Å². The fourth-order valence-electron chi connectivity index (χ4n) is 0.971. The number of anilines is 1. The van der Waals surface area contributed by atoms with Crippen LogP contribution in [0.4, 0.5) is 5.82 Å². The van der Waals surface area contributed by atoms with Crippen LogP contribution in [-0.4, -0.2) is 28.7 Å². The van der Waals surface area contributed by atoms with Gasteiger partial charge in [-0.25, -0.2) is 9.97 Å². The average Bonchev–Trinajstić information content (AvgIpc) is 2.16. The van der Waals surface area contributed by atoms with Crippen molar-refractivity contribution in [2.75, 3.05) is 18.1 Å². The number of thioether (sulfide) groups is 1. The molecule has 1 aromatic heterocycles. The summed E-state index contributed by atoms with van der Waals surface area (Å²) >= 11 is 1.32. The van der Waals surface area contributed by atoms with Crippen molar-refractivity contribution in [1.29, 1.82) is 0 Å². The standard InChI is InChI=1S/C8H12N4OS/c1-5-7(10-2)11-4-12-8(5)14-3-6(9)13/h4H,3H2,1-2H3,(H2,9,13)(H,10,11,12). The molecule has 1 aromatic rings. The van der Waals surface area contributed by atoms with Crippen LogP contribution in [0, 0.1) is 6.92 Å². The summed E-state index contributed by atoms with van der Waals surface area (Å²) in [5.74, 6) is 0.659. The summed E-state index contributed by atoms with van der Waals surface area (Å²) in [6.07, 6.45) is 1.46. The Kier molecular flexibility index (Phi) is 3.70. The predicted molar refractivity (Wildman–Crippen MR) is 56.2 cm³/mol. The number of nitrogens with two attached hydrogens (primary N) is 1. The minimum atomic E-state index is -0.348. The van der Waals surface area contributed by atoms with Gasteiger partial charge in [0.15, 0.2) is 0 Å². The molecule has 14 heavy (non-hydrogen) atoms. The number of hydrogen-bond acceptors (Lipinski definition) is 5. The van der Waals surface area contributed by atoms with Gasteiger partial charge in [0.25, 0.3) is 0 Å². The molecule has 0 spiro atoms. The van der Waals surface area contributed by atoms with Crippen molar-refractivity contribution < 1.29 is 4.79 Å². The molecule has 0 aliphatic rings. The SMILES string of the molecule is CNc1ncnc(SCC(N)=O)c1C. The lowest BCUT2D eigenvalue weighted by Crippen LogP contribution is -2.13. The van der Waals surface area contributed by atoms with Crippen LogP contribution in [0.25, 0.3) is 0 Å². The highest BCUT2D eigenvalue weighted by Crippen LogP contribution is 2.22. The predicted octanol–water partition coefficient (Wildman–Crippen LogP) is 0.404. The normalized spacial score (nSPS) is 9.86. The number of primary amides is 1. The number of carbonyl (C=O) groups excluding carboxylic acids is 1. The van der Waals surface area contributed by atoms with Gasteiger partial charge in [-0.2, -0.15) is 0 Å². The summed E-state index contributed by atoms with van der Waals surface area (Å²) < 4.78 is 0. The minimum Gasteiger partial charge on any atom is -0.373 e. The lowest BCUT2D eigenvalue weighted by molar-refractivity contribution is -0.115. The molecule has 5 nitrogen and oxygen atoms in total. The van der Waals surface area contributed by atoms with Crippen LogP contribution in [0.3, 0.4) is 0 Å². The van der Waals surface area contributed by atoms with E-state index in [1.807, 2.05) is 6.92 Å². The zero-order chi connectivity index (χ0) is 10.6. The highest BCUT2D eigenvalue weighted by Gasteiger charge is 2.06. The summed E-state index contributed by atoms with van der Waals surface area (Å²) in [5, 5.41) is 3.72. The van der Waals surface area contributed by atoms with Gasteiger partial charge in [0, 0.05) is 12.6 Å². The Morgan fingerprint density at radius 3 is 2.93 bits per heavy atom. The van der Waals surface area contributed by atoms with Gasteiger partial charge in [-0.1, -0.05) is 11.8 Å². The maximum absolute atomic E-state index is 10.6. The molecule has 1 amide bonds. The molecule has 3 N–H and O–H groups in total. The number of nitrogens with one attached hydrogen (secondary N) is 1. The van der Waals surface area contributed by atoms with E-state index in [0.717, 1.165) is 16.4 Å². The van der Waals surface area contributed by atoms with Gasteiger partial charge in [0.05, 0.1) is 5.75 Å². The second-order valence-electron chi connectivity index (χ2n) is 2.66. The van der Waals surface area contributed by atoms with Crippen molar-refractivity contribution in [3.05, 3.63) is 11.9 Å². The van der Waals surface area contributed by atoms with Crippen LogP contribution in [0.1, 0.15) is 5.56 Å². The Hall–Kier alpha value is -1.30. The Bertz CT molecular complexity index is 342. The smallest absolute Gasteiger partial charge is 0.227 e. The van der Waals surface area contributed by atoms with Crippen molar-refractivity contribution in [2.24, 2.45) is 5.73 Å². The first-order valence-electron chi connectivity index (χ1n) is 4.05. The van der Waals surface area contributed by atoms with Gasteiger partial charge < -0.3 is 11.1 Å². The second-order valence-corrected chi connectivity index (χ2v) is 3.62. The van der Waals surface area contributed by atoms with Gasteiger partial charge in [0.2, 0.25) is 5.91 Å². The highest BCUT2D eigenvalue weighted by molar-refractivity contribution is 7.99. The lowest BCUT2D eigenvalue weighted by Gasteiger charge is -2.06. The van der Waals surface area contributed by atoms with Gasteiger partial charge in [0.1, 0.15) is 17.2 Å². The molecule has 0 saturated carbocycles. The third-order valence-corrected chi connectivity index (χ3v) is 2.74. The van der Waals surface area contributed by atoms with Crippen molar-refractivity contribution in [1.82, 2.24) is 9.97 Å². The summed E-state index contributed by atoms with van der Waals surface area (Å²) in [6, 6.07) is 0. The van der Waals surface area contributed by atoms with E-state index in [9.17, 15) is 4.79 Å². The number of carbonyl (C=O) groups is 1. The molecule has 0 aromatic carbocycles. The van der Waals surface area contributed by atoms with Crippen LogP contribution in [0.15, 0.2) is 11.4 Å². The molecule has 0 unspecified atom stereocenters. The number of nitrogens with zero attached hydrogens (tertiary/aromatic N) is 2. The maximum atomic E-state index is 10.6. The van der Waals surface area contributed by atoms with E-state index in [4.69, 9.17) is 5.73 Å². The molecule has 0 aliphatic heterocycles. The van der Waals surface area contributed by atoms with E-state index in [-0.39, 0.29) is 11.7 Å². The molecular formula is C8H12N4OS. The summed E-state index contributed by atoms with van der Waals surface area (Å²) in [6.45, 7) is 1.90. The molecule has 1 rings (SSSR count). The molecule has 6 heteroatoms. The molecule has 0 bridgehead atoms. The van der Waals surface area contributed by atoms with Gasteiger partial charge >= 0.3 is 0 Å². The topological polar surface area (TPSA) is 80.9 Å². The van der Waals surface area contributed by atoms with Crippen molar-refractivity contribution in [3.8, 4) is 0 Å². The molecule has 0 atom stereocenters. The average molecular weight is 212 g/mol. The Balaban J connectivity index is 2.81. The first-order chi connectivity index (χ1) is 6.65.